The maximum Gasteiger partial charge on any atom is 0.280 e. The topological polar surface area (TPSA) is 94.3 Å². The van der Waals surface area contributed by atoms with Crippen LogP contribution in [0.4, 0.5) is 11.4 Å². The first kappa shape index (κ1) is 23.0. The Bertz CT molecular complexity index is 1300. The van der Waals surface area contributed by atoms with Gasteiger partial charge in [-0.1, -0.05) is 29.8 Å². The van der Waals surface area contributed by atoms with Crippen molar-refractivity contribution < 1.29 is 19.2 Å². The maximum absolute atomic E-state index is 13.0. The minimum absolute atomic E-state index is 0.00266. The van der Waals surface area contributed by atoms with Gasteiger partial charge in [-0.2, -0.15) is 10.1 Å². The molecule has 1 heterocycles. The van der Waals surface area contributed by atoms with E-state index in [4.69, 9.17) is 21.1 Å². The summed E-state index contributed by atoms with van der Waals surface area (Å²) in [6.45, 7) is 1.91. The third-order valence-corrected chi connectivity index (χ3v) is 5.44. The van der Waals surface area contributed by atoms with Crippen molar-refractivity contribution in [3.8, 4) is 11.5 Å². The van der Waals surface area contributed by atoms with E-state index in [0.717, 1.165) is 5.56 Å². The smallest absolute Gasteiger partial charge is 0.280 e. The molecule has 34 heavy (non-hydrogen) atoms. The van der Waals surface area contributed by atoms with E-state index in [1.165, 1.54) is 24.3 Å². The van der Waals surface area contributed by atoms with Gasteiger partial charge in [0.2, 0.25) is 0 Å². The monoisotopic (exact) mass is 477 g/mol. The van der Waals surface area contributed by atoms with E-state index in [0.29, 0.717) is 39.1 Å². The van der Waals surface area contributed by atoms with Crippen LogP contribution in [0.15, 0.2) is 77.4 Å². The van der Waals surface area contributed by atoms with Crippen LogP contribution in [0.5, 0.6) is 11.5 Å². The van der Waals surface area contributed by atoms with Crippen LogP contribution in [0, 0.1) is 10.1 Å². The first-order chi connectivity index (χ1) is 16.4. The number of nitro benzene ring substituents is 1. The molecule has 0 saturated carbocycles. The van der Waals surface area contributed by atoms with E-state index in [2.05, 4.69) is 5.10 Å². The number of nitrogens with zero attached hydrogens (tertiary/aromatic N) is 3. The van der Waals surface area contributed by atoms with Crippen molar-refractivity contribution >= 4 is 40.7 Å². The van der Waals surface area contributed by atoms with Crippen LogP contribution >= 0.6 is 11.6 Å². The van der Waals surface area contributed by atoms with E-state index >= 15 is 0 Å². The van der Waals surface area contributed by atoms with Gasteiger partial charge in [0.15, 0.2) is 11.5 Å². The predicted octanol–water partition coefficient (Wildman–Crippen LogP) is 5.64. The summed E-state index contributed by atoms with van der Waals surface area (Å²) in [6, 6.07) is 18.6. The normalized spacial score (nSPS) is 14.3. The minimum Gasteiger partial charge on any atom is -0.493 e. The highest BCUT2D eigenvalue weighted by Gasteiger charge is 2.28. The van der Waals surface area contributed by atoms with Gasteiger partial charge in [-0.3, -0.25) is 14.9 Å². The van der Waals surface area contributed by atoms with Gasteiger partial charge < -0.3 is 9.47 Å². The minimum atomic E-state index is -0.460. The summed E-state index contributed by atoms with van der Waals surface area (Å²) < 4.78 is 11.3. The van der Waals surface area contributed by atoms with Crippen LogP contribution in [0.3, 0.4) is 0 Å². The quantitative estimate of drug-likeness (QED) is 0.249. The largest absolute Gasteiger partial charge is 0.493 e. The van der Waals surface area contributed by atoms with Gasteiger partial charge in [0.1, 0.15) is 6.61 Å². The molecular formula is C25H20ClN3O5. The lowest BCUT2D eigenvalue weighted by Gasteiger charge is -2.14. The van der Waals surface area contributed by atoms with Crippen molar-refractivity contribution in [2.75, 3.05) is 12.1 Å². The number of halogens is 1. The molecular weight excluding hydrogens is 458 g/mol. The summed E-state index contributed by atoms with van der Waals surface area (Å²) in [6.07, 6.45) is 1.71. The van der Waals surface area contributed by atoms with Gasteiger partial charge in [-0.05, 0) is 60.5 Å². The number of amides is 1. The Morgan fingerprint density at radius 3 is 2.47 bits per heavy atom. The molecule has 9 heteroatoms. The number of hydrogen-bond acceptors (Lipinski definition) is 6. The molecule has 8 nitrogen and oxygen atoms in total. The zero-order valence-electron chi connectivity index (χ0n) is 18.4. The van der Waals surface area contributed by atoms with Crippen LogP contribution in [0.25, 0.3) is 6.08 Å². The second kappa shape index (κ2) is 9.76. The fourth-order valence-corrected chi connectivity index (χ4v) is 3.70. The molecule has 1 aliphatic rings. The molecule has 0 fully saturated rings. The number of benzene rings is 3. The lowest BCUT2D eigenvalue weighted by Crippen LogP contribution is -2.21. The van der Waals surface area contributed by atoms with Crippen molar-refractivity contribution in [1.82, 2.24) is 0 Å². The van der Waals surface area contributed by atoms with E-state index in [1.807, 2.05) is 30.3 Å². The van der Waals surface area contributed by atoms with Crippen LogP contribution in [0.2, 0.25) is 5.02 Å². The number of hydrogen-bond donors (Lipinski definition) is 0. The Morgan fingerprint density at radius 1 is 1.12 bits per heavy atom. The van der Waals surface area contributed by atoms with Crippen molar-refractivity contribution in [1.29, 1.82) is 0 Å². The molecule has 1 amide bonds. The van der Waals surface area contributed by atoms with E-state index in [-0.39, 0.29) is 18.2 Å². The summed E-state index contributed by atoms with van der Waals surface area (Å²) >= 11 is 6.48. The zero-order valence-corrected chi connectivity index (χ0v) is 19.2. The Hall–Kier alpha value is -4.17. The molecule has 0 spiro atoms. The second-order valence-corrected chi connectivity index (χ2v) is 7.85. The van der Waals surface area contributed by atoms with Gasteiger partial charge in [-0.25, -0.2) is 0 Å². The average Bonchev–Trinajstić information content (AvgIpc) is 3.12. The summed E-state index contributed by atoms with van der Waals surface area (Å²) in [5.74, 6) is 0.484. The number of ether oxygens (including phenoxy) is 2. The van der Waals surface area contributed by atoms with Gasteiger partial charge >= 0.3 is 0 Å². The third-order valence-electron chi connectivity index (χ3n) is 5.16. The highest BCUT2D eigenvalue weighted by molar-refractivity contribution is 6.33. The molecule has 1 aliphatic heterocycles. The highest BCUT2D eigenvalue weighted by Crippen LogP contribution is 2.38. The molecule has 0 saturated heterocycles. The zero-order chi connectivity index (χ0) is 24.2. The number of non-ortho nitro benzene ring substituents is 1. The predicted molar refractivity (Wildman–Crippen MR) is 130 cm³/mol. The number of carbonyl (C=O) groups excluding carboxylic acids is 1. The van der Waals surface area contributed by atoms with E-state index in [1.54, 1.807) is 37.3 Å². The molecule has 0 N–H and O–H groups in total. The molecule has 0 aromatic heterocycles. The Kier molecular flexibility index (Phi) is 6.60. The second-order valence-electron chi connectivity index (χ2n) is 7.44. The number of carbonyl (C=O) groups is 1. The van der Waals surface area contributed by atoms with Crippen LogP contribution in [-0.4, -0.2) is 23.7 Å². The van der Waals surface area contributed by atoms with Crippen LogP contribution in [0.1, 0.15) is 18.1 Å². The van der Waals surface area contributed by atoms with E-state index in [9.17, 15) is 14.9 Å². The summed E-state index contributed by atoms with van der Waals surface area (Å²) in [4.78, 5) is 23.3. The SMILES string of the molecule is COc1cc(C=C2C(=O)N(c3ccccc3)N=C2C)cc(Cl)c1OCc1ccc([N+](=O)[O-])cc1. The fraction of sp³-hybridized carbons (Fsp3) is 0.120. The molecule has 0 radical (unpaired) electrons. The molecule has 4 rings (SSSR count). The van der Waals surface area contributed by atoms with Crippen molar-refractivity contribution in [2.24, 2.45) is 5.10 Å². The number of para-hydroxylation sites is 1. The Labute approximate surface area is 200 Å². The summed E-state index contributed by atoms with van der Waals surface area (Å²) in [5.41, 5.74) is 3.10. The maximum atomic E-state index is 13.0. The average molecular weight is 478 g/mol. The number of anilines is 1. The van der Waals surface area contributed by atoms with Crippen molar-refractivity contribution in [3.05, 3.63) is 98.6 Å². The molecule has 172 valence electrons. The van der Waals surface area contributed by atoms with Crippen LogP contribution < -0.4 is 14.5 Å². The standard InChI is InChI=1S/C25H20ClN3O5/c1-16-21(25(30)28(27-16)19-6-4-3-5-7-19)12-18-13-22(26)24(23(14-18)33-2)34-15-17-8-10-20(11-9-17)29(31)32/h3-14H,15H2,1-2H3. The third kappa shape index (κ3) is 4.77. The lowest BCUT2D eigenvalue weighted by molar-refractivity contribution is -0.384. The van der Waals surface area contributed by atoms with Crippen LogP contribution in [-0.2, 0) is 11.4 Å². The van der Waals surface area contributed by atoms with Crippen molar-refractivity contribution in [2.45, 2.75) is 13.5 Å². The molecule has 3 aromatic rings. The molecule has 3 aromatic carbocycles. The first-order valence-electron chi connectivity index (χ1n) is 10.3. The number of hydrazone groups is 1. The lowest BCUT2D eigenvalue weighted by atomic mass is 10.1. The molecule has 0 unspecified atom stereocenters. The van der Waals surface area contributed by atoms with Gasteiger partial charge in [0.05, 0.1) is 34.0 Å². The van der Waals surface area contributed by atoms with Gasteiger partial charge in [0.25, 0.3) is 11.6 Å². The fourth-order valence-electron chi connectivity index (χ4n) is 3.43. The summed E-state index contributed by atoms with van der Waals surface area (Å²) in [7, 11) is 1.49. The Morgan fingerprint density at radius 2 is 1.82 bits per heavy atom. The Balaban J connectivity index is 1.56. The number of rotatable bonds is 7. The summed E-state index contributed by atoms with van der Waals surface area (Å²) in [5, 5.41) is 16.9. The highest BCUT2D eigenvalue weighted by atomic mass is 35.5. The molecule has 0 aliphatic carbocycles. The molecule has 0 bridgehead atoms. The van der Waals surface area contributed by atoms with E-state index < -0.39 is 4.92 Å². The first-order valence-corrected chi connectivity index (χ1v) is 10.7. The number of nitro groups is 1. The van der Waals surface area contributed by atoms with Crippen molar-refractivity contribution in [3.63, 3.8) is 0 Å². The van der Waals surface area contributed by atoms with Gasteiger partial charge in [-0.15, -0.1) is 0 Å². The molecule has 0 atom stereocenters. The van der Waals surface area contributed by atoms with Gasteiger partial charge in [0, 0.05) is 12.1 Å². The number of methoxy groups -OCH3 is 1.